The molecule has 1 N–H and O–H groups in total. The van der Waals surface area contributed by atoms with Crippen molar-refractivity contribution in [3.05, 3.63) is 123 Å². The SMILES string of the molecule is C[C@@H](NC(=O)c1nn(-c2ccnc3cc(Cl)ccc23)c2c1CCCCC2Cc1cccc(Cl)c1)c1ccccc1. The van der Waals surface area contributed by atoms with Crippen LogP contribution in [0.15, 0.2) is 85.1 Å². The highest BCUT2D eigenvalue weighted by molar-refractivity contribution is 6.31. The summed E-state index contributed by atoms with van der Waals surface area (Å²) in [7, 11) is 0. The minimum atomic E-state index is -0.156. The van der Waals surface area contributed by atoms with Crippen LogP contribution in [0.25, 0.3) is 16.6 Å². The second kappa shape index (κ2) is 11.4. The predicted molar refractivity (Wildman–Crippen MR) is 162 cm³/mol. The number of benzene rings is 3. The average Bonchev–Trinajstić information content (AvgIpc) is 3.22. The van der Waals surface area contributed by atoms with Gasteiger partial charge in [0.1, 0.15) is 0 Å². The van der Waals surface area contributed by atoms with Crippen molar-refractivity contribution in [1.82, 2.24) is 20.1 Å². The monoisotopic (exact) mass is 568 g/mol. The summed E-state index contributed by atoms with van der Waals surface area (Å²) in [6, 6.07) is 25.6. The number of rotatable bonds is 6. The molecule has 1 amide bonds. The largest absolute Gasteiger partial charge is 0.344 e. The van der Waals surface area contributed by atoms with Crippen LogP contribution in [0.4, 0.5) is 0 Å². The number of pyridine rings is 1. The zero-order chi connectivity index (χ0) is 27.6. The molecule has 5 nitrogen and oxygen atoms in total. The lowest BCUT2D eigenvalue weighted by Crippen LogP contribution is -2.28. The van der Waals surface area contributed by atoms with E-state index in [1.54, 1.807) is 6.20 Å². The highest BCUT2D eigenvalue weighted by Gasteiger charge is 2.31. The summed E-state index contributed by atoms with van der Waals surface area (Å²) in [5.74, 6) is 0.0169. The van der Waals surface area contributed by atoms with Gasteiger partial charge in [-0.1, -0.05) is 72.1 Å². The number of fused-ring (bicyclic) bond motifs is 2. The van der Waals surface area contributed by atoms with Crippen LogP contribution in [0.1, 0.15) is 71.0 Å². The van der Waals surface area contributed by atoms with E-state index >= 15 is 0 Å². The van der Waals surface area contributed by atoms with E-state index < -0.39 is 0 Å². The van der Waals surface area contributed by atoms with Crippen molar-refractivity contribution in [3.63, 3.8) is 0 Å². The molecule has 1 unspecified atom stereocenters. The zero-order valence-electron chi connectivity index (χ0n) is 22.3. The van der Waals surface area contributed by atoms with Gasteiger partial charge in [-0.2, -0.15) is 5.10 Å². The number of nitrogens with one attached hydrogen (secondary N) is 1. The van der Waals surface area contributed by atoms with Gasteiger partial charge in [0, 0.05) is 33.1 Å². The Kier molecular flexibility index (Phi) is 7.59. The first-order valence-corrected chi connectivity index (χ1v) is 14.5. The fourth-order valence-corrected chi connectivity index (χ4v) is 6.23. The molecule has 3 aromatic carbocycles. The maximum Gasteiger partial charge on any atom is 0.272 e. The van der Waals surface area contributed by atoms with E-state index in [0.29, 0.717) is 10.7 Å². The van der Waals surface area contributed by atoms with Crippen molar-refractivity contribution < 1.29 is 4.79 Å². The van der Waals surface area contributed by atoms with Gasteiger partial charge in [0.2, 0.25) is 0 Å². The molecular formula is C33H30Cl2N4O. The molecule has 2 atom stereocenters. The van der Waals surface area contributed by atoms with Crippen LogP contribution < -0.4 is 5.32 Å². The van der Waals surface area contributed by atoms with Gasteiger partial charge in [0.05, 0.1) is 22.9 Å². The van der Waals surface area contributed by atoms with Gasteiger partial charge in [0.15, 0.2) is 5.69 Å². The van der Waals surface area contributed by atoms with Crippen molar-refractivity contribution in [2.45, 2.75) is 51.0 Å². The molecule has 7 heteroatoms. The standard InChI is InChI=1S/C33H30Cl2N4O/c1-21(23-9-3-2-4-10-23)37-33(40)31-28-13-6-5-11-24(18-22-8-7-12-25(34)19-22)32(28)39(38-31)30-16-17-36-29-20-26(35)14-15-27(29)30/h2-4,7-10,12,14-17,19-21,24H,5-6,11,13,18H2,1H3,(H,37,40)/t21-,24?/m1/s1. The fraction of sp³-hybridized carbons (Fsp3) is 0.242. The van der Waals surface area contributed by atoms with Crippen LogP contribution in [0, 0.1) is 0 Å². The van der Waals surface area contributed by atoms with Gasteiger partial charge >= 0.3 is 0 Å². The summed E-state index contributed by atoms with van der Waals surface area (Å²) >= 11 is 12.7. The normalized spacial score (nSPS) is 15.8. The molecule has 0 saturated heterocycles. The molecule has 5 aromatic rings. The second-order valence-electron chi connectivity index (χ2n) is 10.5. The summed E-state index contributed by atoms with van der Waals surface area (Å²) in [5, 5.41) is 10.5. The molecule has 40 heavy (non-hydrogen) atoms. The number of amides is 1. The molecule has 0 aliphatic heterocycles. The lowest BCUT2D eigenvalue weighted by Gasteiger charge is -2.19. The van der Waals surface area contributed by atoms with Crippen molar-refractivity contribution >= 4 is 40.0 Å². The first-order chi connectivity index (χ1) is 19.5. The van der Waals surface area contributed by atoms with Gasteiger partial charge in [-0.25, -0.2) is 4.68 Å². The van der Waals surface area contributed by atoms with Crippen LogP contribution in [-0.4, -0.2) is 20.7 Å². The van der Waals surface area contributed by atoms with Gasteiger partial charge in [-0.3, -0.25) is 9.78 Å². The lowest BCUT2D eigenvalue weighted by molar-refractivity contribution is 0.0933. The van der Waals surface area contributed by atoms with Crippen LogP contribution >= 0.6 is 23.2 Å². The Morgan fingerprint density at radius 1 is 1.00 bits per heavy atom. The Labute approximate surface area is 244 Å². The van der Waals surface area contributed by atoms with Crippen molar-refractivity contribution in [2.24, 2.45) is 0 Å². The zero-order valence-corrected chi connectivity index (χ0v) is 23.8. The number of nitrogens with zero attached hydrogens (tertiary/aromatic N) is 3. The van der Waals surface area contributed by atoms with Crippen LogP contribution in [0.5, 0.6) is 0 Å². The molecule has 202 valence electrons. The van der Waals surface area contributed by atoms with E-state index in [0.717, 1.165) is 70.5 Å². The summed E-state index contributed by atoms with van der Waals surface area (Å²) in [6.07, 6.45) is 6.48. The van der Waals surface area contributed by atoms with Crippen LogP contribution in [0.3, 0.4) is 0 Å². The summed E-state index contributed by atoms with van der Waals surface area (Å²) < 4.78 is 2.00. The Balaban J connectivity index is 1.49. The van der Waals surface area contributed by atoms with Gasteiger partial charge in [0.25, 0.3) is 5.91 Å². The van der Waals surface area contributed by atoms with E-state index in [1.165, 1.54) is 5.56 Å². The highest BCUT2D eigenvalue weighted by atomic mass is 35.5. The number of halogens is 2. The van der Waals surface area contributed by atoms with Crippen molar-refractivity contribution in [1.29, 1.82) is 0 Å². The van der Waals surface area contributed by atoms with E-state index in [-0.39, 0.29) is 17.9 Å². The van der Waals surface area contributed by atoms with E-state index in [2.05, 4.69) is 16.4 Å². The summed E-state index contributed by atoms with van der Waals surface area (Å²) in [6.45, 7) is 2.00. The average molecular weight is 570 g/mol. The Hall–Kier alpha value is -3.67. The number of aromatic nitrogens is 3. The molecule has 0 fully saturated rings. The van der Waals surface area contributed by atoms with Crippen molar-refractivity contribution in [2.75, 3.05) is 0 Å². The molecule has 1 aliphatic carbocycles. The van der Waals surface area contributed by atoms with E-state index in [1.807, 2.05) is 84.4 Å². The molecular weight excluding hydrogens is 539 g/mol. The molecule has 2 heterocycles. The van der Waals surface area contributed by atoms with Crippen molar-refractivity contribution in [3.8, 4) is 5.69 Å². The maximum absolute atomic E-state index is 13.8. The molecule has 0 bridgehead atoms. The Morgan fingerprint density at radius 2 is 1.82 bits per heavy atom. The molecule has 0 spiro atoms. The maximum atomic E-state index is 13.8. The first-order valence-electron chi connectivity index (χ1n) is 13.7. The van der Waals surface area contributed by atoms with Crippen LogP contribution in [0.2, 0.25) is 10.0 Å². The summed E-state index contributed by atoms with van der Waals surface area (Å²) in [5.41, 5.74) is 6.53. The number of carbonyl (C=O) groups excluding carboxylic acids is 1. The number of hydrogen-bond donors (Lipinski definition) is 1. The number of carbonyl (C=O) groups is 1. The third-order valence-corrected chi connectivity index (χ3v) is 8.25. The second-order valence-corrected chi connectivity index (χ2v) is 11.4. The molecule has 2 aromatic heterocycles. The van der Waals surface area contributed by atoms with E-state index in [4.69, 9.17) is 28.3 Å². The molecule has 0 radical (unpaired) electrons. The lowest BCUT2D eigenvalue weighted by atomic mass is 9.90. The number of hydrogen-bond acceptors (Lipinski definition) is 3. The van der Waals surface area contributed by atoms with Crippen LogP contribution in [-0.2, 0) is 12.8 Å². The third-order valence-electron chi connectivity index (χ3n) is 7.78. The van der Waals surface area contributed by atoms with Gasteiger partial charge in [-0.05, 0) is 80.1 Å². The minimum Gasteiger partial charge on any atom is -0.344 e. The molecule has 6 rings (SSSR count). The smallest absolute Gasteiger partial charge is 0.272 e. The first kappa shape index (κ1) is 26.5. The minimum absolute atomic E-state index is 0.147. The van der Waals surface area contributed by atoms with Gasteiger partial charge in [-0.15, -0.1) is 0 Å². The summed E-state index contributed by atoms with van der Waals surface area (Å²) in [4.78, 5) is 18.4. The van der Waals surface area contributed by atoms with E-state index in [9.17, 15) is 4.79 Å². The Bertz CT molecular complexity index is 1680. The molecule has 0 saturated carbocycles. The highest BCUT2D eigenvalue weighted by Crippen LogP contribution is 2.38. The third kappa shape index (κ3) is 5.36. The fourth-order valence-electron chi connectivity index (χ4n) is 5.85. The Morgan fingerprint density at radius 3 is 2.65 bits per heavy atom. The topological polar surface area (TPSA) is 59.8 Å². The quantitative estimate of drug-likeness (QED) is 0.210. The van der Waals surface area contributed by atoms with Gasteiger partial charge < -0.3 is 5.32 Å². The molecule has 1 aliphatic rings. The predicted octanol–water partition coefficient (Wildman–Crippen LogP) is 8.27.